The predicted molar refractivity (Wildman–Crippen MR) is 70.6 cm³/mol. The second-order valence-electron chi connectivity index (χ2n) is 4.33. The van der Waals surface area contributed by atoms with Crippen molar-refractivity contribution in [3.63, 3.8) is 0 Å². The summed E-state index contributed by atoms with van der Waals surface area (Å²) in [5.74, 6) is -4.09. The minimum atomic E-state index is -3.84. The van der Waals surface area contributed by atoms with Crippen LogP contribution < -0.4 is 0 Å². The van der Waals surface area contributed by atoms with Gasteiger partial charge in [-0.3, -0.25) is 0 Å². The van der Waals surface area contributed by atoms with Crippen molar-refractivity contribution < 1.29 is 31.1 Å². The number of aromatic carboxylic acids is 1. The van der Waals surface area contributed by atoms with Gasteiger partial charge in [-0.15, -0.1) is 0 Å². The van der Waals surface area contributed by atoms with E-state index in [0.717, 1.165) is 24.5 Å². The lowest BCUT2D eigenvalue weighted by Gasteiger charge is -2.06. The highest BCUT2D eigenvalue weighted by atomic mass is 32.2. The molecule has 0 radical (unpaired) electrons. The van der Waals surface area contributed by atoms with Crippen LogP contribution in [0.3, 0.4) is 0 Å². The van der Waals surface area contributed by atoms with Crippen LogP contribution in [0.1, 0.15) is 15.9 Å². The third-order valence-corrected chi connectivity index (χ3v) is 5.21. The Hall–Kier alpha value is -1.48. The smallest absolute Gasteiger partial charge is 0.335 e. The Balaban J connectivity index is 2.97. The van der Waals surface area contributed by atoms with Crippen molar-refractivity contribution in [1.29, 1.82) is 0 Å². The molecule has 1 aromatic rings. The first-order valence-corrected chi connectivity index (χ1v) is 9.28. The molecule has 1 N–H and O–H groups in total. The van der Waals surface area contributed by atoms with Gasteiger partial charge in [0.1, 0.15) is 15.7 Å². The van der Waals surface area contributed by atoms with Crippen molar-refractivity contribution in [3.05, 3.63) is 35.1 Å². The molecule has 0 aliphatic rings. The lowest BCUT2D eigenvalue weighted by molar-refractivity contribution is 0.0696. The maximum atomic E-state index is 13.5. The third-order valence-electron chi connectivity index (χ3n) is 2.43. The van der Waals surface area contributed by atoms with Crippen molar-refractivity contribution in [2.24, 2.45) is 0 Å². The van der Waals surface area contributed by atoms with E-state index in [1.165, 1.54) is 0 Å². The first-order valence-electron chi connectivity index (χ1n) is 5.40. The maximum absolute atomic E-state index is 13.5. The van der Waals surface area contributed by atoms with E-state index in [9.17, 15) is 26.0 Å². The Labute approximate surface area is 116 Å². The summed E-state index contributed by atoms with van der Waals surface area (Å²) in [5.41, 5.74) is -0.530. The molecule has 0 bridgehead atoms. The second kappa shape index (κ2) is 5.88. The summed E-state index contributed by atoms with van der Waals surface area (Å²) >= 11 is 0. The maximum Gasteiger partial charge on any atom is 0.335 e. The molecule has 0 saturated carbocycles. The molecule has 0 aliphatic heterocycles. The summed E-state index contributed by atoms with van der Waals surface area (Å²) in [6.07, 6.45) is 0.897. The standard InChI is InChI=1S/C11H13FO6S2/c1-19(15,16)4-5-20(17,18)7-9-6-8(11(13)14)2-3-10(9)12/h2-3,6H,4-5,7H2,1H3,(H,13,14). The average molecular weight is 324 g/mol. The van der Waals surface area contributed by atoms with Gasteiger partial charge < -0.3 is 5.11 Å². The third kappa shape index (κ3) is 5.25. The number of halogens is 1. The van der Waals surface area contributed by atoms with Crippen LogP contribution in [0, 0.1) is 5.82 Å². The van der Waals surface area contributed by atoms with Crippen LogP contribution in [0.4, 0.5) is 4.39 Å². The van der Waals surface area contributed by atoms with Crippen LogP contribution >= 0.6 is 0 Å². The average Bonchev–Trinajstić information content (AvgIpc) is 2.28. The van der Waals surface area contributed by atoms with E-state index < -0.39 is 48.7 Å². The molecule has 0 unspecified atom stereocenters. The topological polar surface area (TPSA) is 106 Å². The normalized spacial score (nSPS) is 12.3. The highest BCUT2D eigenvalue weighted by Crippen LogP contribution is 2.15. The van der Waals surface area contributed by atoms with Crippen molar-refractivity contribution in [1.82, 2.24) is 0 Å². The van der Waals surface area contributed by atoms with Crippen molar-refractivity contribution in [2.75, 3.05) is 17.8 Å². The molecule has 0 heterocycles. The molecule has 0 amide bonds. The molecule has 1 aromatic carbocycles. The molecule has 0 spiro atoms. The van der Waals surface area contributed by atoms with Gasteiger partial charge in [-0.25, -0.2) is 26.0 Å². The molecule has 1 rings (SSSR count). The largest absolute Gasteiger partial charge is 0.478 e. The molecule has 0 aliphatic carbocycles. The summed E-state index contributed by atoms with van der Waals surface area (Å²) in [4.78, 5) is 10.7. The zero-order chi connectivity index (χ0) is 15.6. The number of carbonyl (C=O) groups is 1. The van der Waals surface area contributed by atoms with Crippen molar-refractivity contribution in [2.45, 2.75) is 5.75 Å². The number of carboxylic acids is 1. The SMILES string of the molecule is CS(=O)(=O)CCS(=O)(=O)Cc1cc(C(=O)O)ccc1F. The predicted octanol–water partition coefficient (Wildman–Crippen LogP) is 0.483. The Morgan fingerprint density at radius 1 is 1.20 bits per heavy atom. The van der Waals surface area contributed by atoms with E-state index in [1.807, 2.05) is 0 Å². The fourth-order valence-corrected chi connectivity index (χ4v) is 4.47. The fourth-order valence-electron chi connectivity index (χ4n) is 1.41. The highest BCUT2D eigenvalue weighted by molar-refractivity contribution is 7.94. The zero-order valence-electron chi connectivity index (χ0n) is 10.5. The van der Waals surface area contributed by atoms with Crippen LogP contribution in [0.5, 0.6) is 0 Å². The fraction of sp³-hybridized carbons (Fsp3) is 0.364. The van der Waals surface area contributed by atoms with Gasteiger partial charge in [-0.1, -0.05) is 0 Å². The summed E-state index contributed by atoms with van der Waals surface area (Å²) in [6.45, 7) is 0. The van der Waals surface area contributed by atoms with Crippen LogP contribution in [0.25, 0.3) is 0 Å². The summed E-state index contributed by atoms with van der Waals surface area (Å²) in [5, 5.41) is 8.76. The number of benzene rings is 1. The first kappa shape index (κ1) is 16.6. The van der Waals surface area contributed by atoms with Gasteiger partial charge in [-0.2, -0.15) is 0 Å². The van der Waals surface area contributed by atoms with E-state index >= 15 is 0 Å². The van der Waals surface area contributed by atoms with E-state index in [0.29, 0.717) is 0 Å². The summed E-state index contributed by atoms with van der Waals surface area (Å²) in [6, 6.07) is 2.81. The Morgan fingerprint density at radius 3 is 2.30 bits per heavy atom. The number of rotatable bonds is 6. The van der Waals surface area contributed by atoms with Crippen molar-refractivity contribution in [3.8, 4) is 0 Å². The first-order chi connectivity index (χ1) is 9.00. The van der Waals surface area contributed by atoms with Crippen LogP contribution in [-0.4, -0.2) is 45.7 Å². The molecule has 112 valence electrons. The number of hydrogen-bond acceptors (Lipinski definition) is 5. The van der Waals surface area contributed by atoms with Gasteiger partial charge in [0, 0.05) is 11.8 Å². The Kier molecular flexibility index (Phi) is 4.87. The minimum Gasteiger partial charge on any atom is -0.478 e. The van der Waals surface area contributed by atoms with Gasteiger partial charge in [0.2, 0.25) is 0 Å². The molecule has 6 nitrogen and oxygen atoms in total. The Bertz CT molecular complexity index is 721. The molecule has 0 saturated heterocycles. The van der Waals surface area contributed by atoms with Gasteiger partial charge in [-0.05, 0) is 18.2 Å². The van der Waals surface area contributed by atoms with Crippen LogP contribution in [0.15, 0.2) is 18.2 Å². The molecule has 0 fully saturated rings. The van der Waals surface area contributed by atoms with Gasteiger partial charge in [0.05, 0.1) is 22.8 Å². The summed E-state index contributed by atoms with van der Waals surface area (Å²) < 4.78 is 58.7. The lowest BCUT2D eigenvalue weighted by atomic mass is 10.1. The number of carboxylic acid groups (broad SMARTS) is 1. The van der Waals surface area contributed by atoms with Crippen LogP contribution in [-0.2, 0) is 25.4 Å². The van der Waals surface area contributed by atoms with Gasteiger partial charge >= 0.3 is 5.97 Å². The van der Waals surface area contributed by atoms with Crippen molar-refractivity contribution >= 4 is 25.6 Å². The molecular formula is C11H13FO6S2. The molecule has 9 heteroatoms. The Morgan fingerprint density at radius 2 is 1.80 bits per heavy atom. The van der Waals surface area contributed by atoms with E-state index in [4.69, 9.17) is 5.11 Å². The number of sulfone groups is 2. The molecule has 0 atom stereocenters. The molecular weight excluding hydrogens is 311 g/mol. The minimum absolute atomic E-state index is 0.236. The molecule has 0 aromatic heterocycles. The van der Waals surface area contributed by atoms with Crippen LogP contribution in [0.2, 0.25) is 0 Å². The lowest BCUT2D eigenvalue weighted by Crippen LogP contribution is -2.18. The van der Waals surface area contributed by atoms with Gasteiger partial charge in [0.15, 0.2) is 9.84 Å². The van der Waals surface area contributed by atoms with E-state index in [2.05, 4.69) is 0 Å². The van der Waals surface area contributed by atoms with Gasteiger partial charge in [0.25, 0.3) is 0 Å². The quantitative estimate of drug-likeness (QED) is 0.816. The van der Waals surface area contributed by atoms with E-state index in [1.54, 1.807) is 0 Å². The van der Waals surface area contributed by atoms with E-state index in [-0.39, 0.29) is 11.1 Å². The number of hydrogen-bond donors (Lipinski definition) is 1. The second-order valence-corrected chi connectivity index (χ2v) is 8.78. The molecule has 20 heavy (non-hydrogen) atoms. The highest BCUT2D eigenvalue weighted by Gasteiger charge is 2.18. The zero-order valence-corrected chi connectivity index (χ0v) is 12.2. The monoisotopic (exact) mass is 324 g/mol. The summed E-state index contributed by atoms with van der Waals surface area (Å²) in [7, 11) is -7.29.